The lowest BCUT2D eigenvalue weighted by molar-refractivity contribution is -0.120. The summed E-state index contributed by atoms with van der Waals surface area (Å²) in [5.41, 5.74) is 0.850. The summed E-state index contributed by atoms with van der Waals surface area (Å²) in [6, 6.07) is 0. The number of amides is 1. The molecule has 1 aromatic heterocycles. The van der Waals surface area contributed by atoms with Crippen molar-refractivity contribution in [2.45, 2.75) is 13.3 Å². The molecule has 0 atom stereocenters. The van der Waals surface area contributed by atoms with Crippen LogP contribution < -0.4 is 10.2 Å². The fraction of sp³-hybridized carbons (Fsp3) is 0.533. The van der Waals surface area contributed by atoms with E-state index in [1.807, 2.05) is 31.1 Å². The van der Waals surface area contributed by atoms with E-state index in [1.165, 1.54) is 0 Å². The summed E-state index contributed by atoms with van der Waals surface area (Å²) in [6.07, 6.45) is 8.65. The molecule has 1 amide bonds. The number of aliphatic imine (C=N–C) groups is 1. The average Bonchev–Trinajstić information content (AvgIpc) is 2.93. The van der Waals surface area contributed by atoms with Crippen molar-refractivity contribution in [1.82, 2.24) is 20.0 Å². The van der Waals surface area contributed by atoms with E-state index in [2.05, 4.69) is 21.5 Å². The molecule has 0 bridgehead atoms. The summed E-state index contributed by atoms with van der Waals surface area (Å²) >= 11 is 0. The van der Waals surface area contributed by atoms with Crippen LogP contribution in [-0.2, 0) is 11.8 Å². The number of piperazine rings is 1. The lowest BCUT2D eigenvalue weighted by Crippen LogP contribution is -2.55. The maximum atomic E-state index is 12.4. The highest BCUT2D eigenvalue weighted by molar-refractivity contribution is 14.0. The highest BCUT2D eigenvalue weighted by Crippen LogP contribution is 2.15. The first kappa shape index (κ1) is 19.5. The smallest absolute Gasteiger partial charge is 0.246 e. The second kappa shape index (κ2) is 9.53. The molecule has 1 fully saturated rings. The SMILES string of the molecule is C/C=C/CCNC(=NC)N1CCN(c2cnn(C)c2)C(=O)C1.I. The fourth-order valence-corrected chi connectivity index (χ4v) is 2.44. The minimum absolute atomic E-state index is 0. The molecule has 2 heterocycles. The summed E-state index contributed by atoms with van der Waals surface area (Å²) in [4.78, 5) is 20.4. The van der Waals surface area contributed by atoms with Crippen molar-refractivity contribution in [3.8, 4) is 0 Å². The molecular formula is C15H25IN6O. The van der Waals surface area contributed by atoms with Gasteiger partial charge in [0.2, 0.25) is 5.91 Å². The molecule has 1 aliphatic rings. The van der Waals surface area contributed by atoms with Gasteiger partial charge in [0.15, 0.2) is 5.96 Å². The van der Waals surface area contributed by atoms with E-state index in [4.69, 9.17) is 0 Å². The molecular weight excluding hydrogens is 407 g/mol. The van der Waals surface area contributed by atoms with Gasteiger partial charge < -0.3 is 15.1 Å². The number of allylic oxidation sites excluding steroid dienone is 1. The van der Waals surface area contributed by atoms with Crippen LogP contribution in [0.5, 0.6) is 0 Å². The van der Waals surface area contributed by atoms with Gasteiger partial charge in [0.05, 0.1) is 11.9 Å². The summed E-state index contributed by atoms with van der Waals surface area (Å²) in [6.45, 7) is 4.54. The van der Waals surface area contributed by atoms with Crippen molar-refractivity contribution < 1.29 is 4.79 Å². The highest BCUT2D eigenvalue weighted by atomic mass is 127. The number of halogens is 1. The van der Waals surface area contributed by atoms with Crippen molar-refractivity contribution in [3.05, 3.63) is 24.5 Å². The van der Waals surface area contributed by atoms with Gasteiger partial charge in [-0.05, 0) is 13.3 Å². The number of hydrogen-bond donors (Lipinski definition) is 1. The zero-order chi connectivity index (χ0) is 15.9. The maximum Gasteiger partial charge on any atom is 0.246 e. The van der Waals surface area contributed by atoms with Crippen molar-refractivity contribution in [2.75, 3.05) is 38.1 Å². The van der Waals surface area contributed by atoms with Gasteiger partial charge in [-0.3, -0.25) is 14.5 Å². The number of anilines is 1. The van der Waals surface area contributed by atoms with Gasteiger partial charge in [0.1, 0.15) is 6.54 Å². The molecule has 0 aromatic carbocycles. The Balaban J connectivity index is 0.00000264. The van der Waals surface area contributed by atoms with Crippen LogP contribution in [0.1, 0.15) is 13.3 Å². The molecule has 128 valence electrons. The molecule has 1 aliphatic heterocycles. The molecule has 0 unspecified atom stereocenters. The molecule has 2 rings (SSSR count). The number of nitrogens with zero attached hydrogens (tertiary/aromatic N) is 5. The van der Waals surface area contributed by atoms with Gasteiger partial charge in [-0.2, -0.15) is 5.10 Å². The predicted molar refractivity (Wildman–Crippen MR) is 103 cm³/mol. The number of aryl methyl sites for hydroxylation is 1. The van der Waals surface area contributed by atoms with Gasteiger partial charge in [0.25, 0.3) is 0 Å². The summed E-state index contributed by atoms with van der Waals surface area (Å²) in [5.74, 6) is 0.847. The van der Waals surface area contributed by atoms with E-state index < -0.39 is 0 Å². The van der Waals surface area contributed by atoms with Gasteiger partial charge in [-0.1, -0.05) is 12.2 Å². The third-order valence-corrected chi connectivity index (χ3v) is 3.56. The molecule has 23 heavy (non-hydrogen) atoms. The minimum Gasteiger partial charge on any atom is -0.356 e. The number of aromatic nitrogens is 2. The molecule has 0 aliphatic carbocycles. The second-order valence-electron chi connectivity index (χ2n) is 5.17. The Bertz CT molecular complexity index is 568. The van der Waals surface area contributed by atoms with Crippen molar-refractivity contribution in [2.24, 2.45) is 12.0 Å². The molecule has 0 saturated carbocycles. The first-order valence-electron chi connectivity index (χ1n) is 7.51. The van der Waals surface area contributed by atoms with Gasteiger partial charge >= 0.3 is 0 Å². The molecule has 1 aromatic rings. The summed E-state index contributed by atoms with van der Waals surface area (Å²) < 4.78 is 1.71. The number of carbonyl (C=O) groups excluding carboxylic acids is 1. The Morgan fingerprint density at radius 1 is 1.48 bits per heavy atom. The zero-order valence-corrected chi connectivity index (χ0v) is 16.2. The first-order valence-corrected chi connectivity index (χ1v) is 7.51. The third-order valence-electron chi connectivity index (χ3n) is 3.56. The topological polar surface area (TPSA) is 65.8 Å². The van der Waals surface area contributed by atoms with Crippen LogP contribution in [0.3, 0.4) is 0 Å². The highest BCUT2D eigenvalue weighted by Gasteiger charge is 2.27. The van der Waals surface area contributed by atoms with Crippen LogP contribution >= 0.6 is 24.0 Å². The molecule has 1 saturated heterocycles. The predicted octanol–water partition coefficient (Wildman–Crippen LogP) is 1.23. The lowest BCUT2D eigenvalue weighted by Gasteiger charge is -2.35. The van der Waals surface area contributed by atoms with Crippen LogP contribution in [0.4, 0.5) is 5.69 Å². The third kappa shape index (κ3) is 5.22. The standard InChI is InChI=1S/C15H24N6O.HI/c1-4-5-6-7-17-15(16-2)20-8-9-21(14(22)12-20)13-10-18-19(3)11-13;/h4-5,10-11H,6-9,12H2,1-3H3,(H,16,17);1H/b5-4+;. The van der Waals surface area contributed by atoms with Crippen LogP contribution in [0.15, 0.2) is 29.5 Å². The Kier molecular flexibility index (Phi) is 8.07. The number of guanidine groups is 1. The van der Waals surface area contributed by atoms with E-state index in [0.29, 0.717) is 13.1 Å². The van der Waals surface area contributed by atoms with E-state index in [0.717, 1.165) is 31.2 Å². The maximum absolute atomic E-state index is 12.4. The Hall–Kier alpha value is -1.58. The molecule has 1 N–H and O–H groups in total. The van der Waals surface area contributed by atoms with Gasteiger partial charge in [-0.25, -0.2) is 0 Å². The fourth-order valence-electron chi connectivity index (χ4n) is 2.44. The van der Waals surface area contributed by atoms with Gasteiger partial charge in [-0.15, -0.1) is 24.0 Å². The Labute approximate surface area is 154 Å². The van der Waals surface area contributed by atoms with Gasteiger partial charge in [0, 0.05) is 39.9 Å². The summed E-state index contributed by atoms with van der Waals surface area (Å²) in [7, 11) is 3.59. The minimum atomic E-state index is 0. The number of hydrogen-bond acceptors (Lipinski definition) is 3. The number of nitrogens with one attached hydrogen (secondary N) is 1. The van der Waals surface area contributed by atoms with E-state index in [9.17, 15) is 4.79 Å². The first-order chi connectivity index (χ1) is 10.7. The zero-order valence-electron chi connectivity index (χ0n) is 13.9. The molecule has 7 nitrogen and oxygen atoms in total. The van der Waals surface area contributed by atoms with Crippen molar-refractivity contribution >= 4 is 41.5 Å². The Morgan fingerprint density at radius 2 is 2.26 bits per heavy atom. The quantitative estimate of drug-likeness (QED) is 0.256. The van der Waals surface area contributed by atoms with Crippen molar-refractivity contribution in [3.63, 3.8) is 0 Å². The number of rotatable bonds is 4. The van der Waals surface area contributed by atoms with Crippen molar-refractivity contribution in [1.29, 1.82) is 0 Å². The van der Waals surface area contributed by atoms with Crippen LogP contribution in [0.2, 0.25) is 0 Å². The lowest BCUT2D eigenvalue weighted by atomic mass is 10.3. The molecule has 0 radical (unpaired) electrons. The monoisotopic (exact) mass is 432 g/mol. The normalized spacial score (nSPS) is 16.0. The largest absolute Gasteiger partial charge is 0.356 e. The average molecular weight is 432 g/mol. The van der Waals surface area contributed by atoms with Crippen LogP contribution in [0.25, 0.3) is 0 Å². The molecule has 8 heteroatoms. The number of carbonyl (C=O) groups is 1. The van der Waals surface area contributed by atoms with E-state index in [-0.39, 0.29) is 29.9 Å². The van der Waals surface area contributed by atoms with E-state index in [1.54, 1.807) is 22.8 Å². The summed E-state index contributed by atoms with van der Waals surface area (Å²) in [5, 5.41) is 7.41. The Morgan fingerprint density at radius 3 is 2.83 bits per heavy atom. The molecule has 0 spiro atoms. The van der Waals surface area contributed by atoms with Crippen LogP contribution in [-0.4, -0.2) is 59.8 Å². The second-order valence-corrected chi connectivity index (χ2v) is 5.17. The van der Waals surface area contributed by atoms with Crippen LogP contribution in [0, 0.1) is 0 Å². The van der Waals surface area contributed by atoms with E-state index >= 15 is 0 Å².